The number of nitrogens with two attached hydrogens (primary N) is 1. The molecule has 1 saturated carbocycles. The molecule has 1 aliphatic carbocycles. The van der Waals surface area contributed by atoms with Crippen LogP contribution in [0.1, 0.15) is 52.9 Å². The SMILES string of the molecule is CCOC1CCN(C2(CN)CC(C)CC(C)C2)CC1. The van der Waals surface area contributed by atoms with E-state index in [0.29, 0.717) is 6.10 Å². The van der Waals surface area contributed by atoms with Gasteiger partial charge in [0.05, 0.1) is 6.10 Å². The van der Waals surface area contributed by atoms with Crippen LogP contribution in [0.4, 0.5) is 0 Å². The number of hydrogen-bond donors (Lipinski definition) is 1. The molecule has 0 bridgehead atoms. The molecule has 0 aromatic heterocycles. The maximum Gasteiger partial charge on any atom is 0.0599 e. The van der Waals surface area contributed by atoms with Gasteiger partial charge >= 0.3 is 0 Å². The minimum Gasteiger partial charge on any atom is -0.378 e. The second-order valence-corrected chi connectivity index (χ2v) is 6.92. The number of rotatable bonds is 4. The van der Waals surface area contributed by atoms with Crippen LogP contribution in [0.25, 0.3) is 0 Å². The van der Waals surface area contributed by atoms with E-state index in [4.69, 9.17) is 10.5 Å². The summed E-state index contributed by atoms with van der Waals surface area (Å²) in [6, 6.07) is 0. The first-order valence-corrected chi connectivity index (χ1v) is 8.16. The van der Waals surface area contributed by atoms with Crippen molar-refractivity contribution >= 4 is 0 Å². The molecule has 2 aliphatic rings. The molecule has 0 amide bonds. The molecule has 2 atom stereocenters. The third-order valence-corrected chi connectivity index (χ3v) is 5.16. The molecule has 2 N–H and O–H groups in total. The van der Waals surface area contributed by atoms with E-state index >= 15 is 0 Å². The Morgan fingerprint density at radius 3 is 2.21 bits per heavy atom. The van der Waals surface area contributed by atoms with Gasteiger partial charge in [-0.15, -0.1) is 0 Å². The van der Waals surface area contributed by atoms with Gasteiger partial charge in [0.1, 0.15) is 0 Å². The van der Waals surface area contributed by atoms with Crippen molar-refractivity contribution in [1.29, 1.82) is 0 Å². The van der Waals surface area contributed by atoms with Gasteiger partial charge in [-0.3, -0.25) is 4.90 Å². The maximum atomic E-state index is 6.21. The van der Waals surface area contributed by atoms with Crippen molar-refractivity contribution in [3.63, 3.8) is 0 Å². The average Bonchev–Trinajstić information content (AvgIpc) is 2.38. The topological polar surface area (TPSA) is 38.5 Å². The first-order chi connectivity index (χ1) is 9.09. The number of ether oxygens (including phenoxy) is 1. The van der Waals surface area contributed by atoms with E-state index in [1.54, 1.807) is 0 Å². The quantitative estimate of drug-likeness (QED) is 0.852. The number of hydrogen-bond acceptors (Lipinski definition) is 3. The van der Waals surface area contributed by atoms with Crippen LogP contribution in [0.15, 0.2) is 0 Å². The van der Waals surface area contributed by atoms with Gasteiger partial charge in [0.25, 0.3) is 0 Å². The monoisotopic (exact) mass is 268 g/mol. The van der Waals surface area contributed by atoms with Crippen LogP contribution in [-0.4, -0.2) is 42.8 Å². The van der Waals surface area contributed by atoms with Crippen LogP contribution < -0.4 is 5.73 Å². The maximum absolute atomic E-state index is 6.21. The summed E-state index contributed by atoms with van der Waals surface area (Å²) in [5, 5.41) is 0. The first kappa shape index (κ1) is 15.3. The molecule has 0 radical (unpaired) electrons. The van der Waals surface area contributed by atoms with E-state index in [1.165, 1.54) is 45.2 Å². The van der Waals surface area contributed by atoms with Gasteiger partial charge in [0, 0.05) is 31.8 Å². The molecule has 1 saturated heterocycles. The van der Waals surface area contributed by atoms with Crippen molar-refractivity contribution in [2.75, 3.05) is 26.2 Å². The fraction of sp³-hybridized carbons (Fsp3) is 1.00. The molecule has 1 aliphatic heterocycles. The van der Waals surface area contributed by atoms with Crippen LogP contribution in [-0.2, 0) is 4.74 Å². The lowest BCUT2D eigenvalue weighted by Crippen LogP contribution is -2.59. The number of piperidine rings is 1. The summed E-state index contributed by atoms with van der Waals surface area (Å²) in [5.74, 6) is 1.63. The Hall–Kier alpha value is -0.120. The number of likely N-dealkylation sites (tertiary alicyclic amines) is 1. The Morgan fingerprint density at radius 2 is 1.74 bits per heavy atom. The highest BCUT2D eigenvalue weighted by molar-refractivity contribution is 4.99. The van der Waals surface area contributed by atoms with Gasteiger partial charge in [-0.25, -0.2) is 0 Å². The Morgan fingerprint density at radius 1 is 1.16 bits per heavy atom. The summed E-state index contributed by atoms with van der Waals surface area (Å²) < 4.78 is 5.77. The highest BCUT2D eigenvalue weighted by Crippen LogP contribution is 2.40. The molecule has 2 fully saturated rings. The molecule has 19 heavy (non-hydrogen) atoms. The third-order valence-electron chi connectivity index (χ3n) is 5.16. The van der Waals surface area contributed by atoms with Crippen LogP contribution in [0.3, 0.4) is 0 Å². The second-order valence-electron chi connectivity index (χ2n) is 6.92. The Kier molecular flexibility index (Phi) is 5.27. The fourth-order valence-corrected chi connectivity index (χ4v) is 4.52. The molecule has 3 nitrogen and oxygen atoms in total. The lowest BCUT2D eigenvalue weighted by atomic mass is 9.70. The zero-order valence-corrected chi connectivity index (χ0v) is 13.0. The molecule has 1 heterocycles. The van der Waals surface area contributed by atoms with Gasteiger partial charge in [-0.05, 0) is 50.9 Å². The molecule has 0 aromatic carbocycles. The predicted molar refractivity (Wildman–Crippen MR) is 80.2 cm³/mol. The van der Waals surface area contributed by atoms with Crippen LogP contribution in [0.2, 0.25) is 0 Å². The highest BCUT2D eigenvalue weighted by atomic mass is 16.5. The highest BCUT2D eigenvalue weighted by Gasteiger charge is 2.42. The van der Waals surface area contributed by atoms with Crippen molar-refractivity contribution in [3.05, 3.63) is 0 Å². The van der Waals surface area contributed by atoms with Gasteiger partial charge in [0.15, 0.2) is 0 Å². The molecule has 0 spiro atoms. The zero-order chi connectivity index (χ0) is 13.9. The molecular weight excluding hydrogens is 236 g/mol. The van der Waals surface area contributed by atoms with Crippen molar-refractivity contribution in [3.8, 4) is 0 Å². The molecule has 2 unspecified atom stereocenters. The summed E-state index contributed by atoms with van der Waals surface area (Å²) in [6.45, 7) is 10.9. The lowest BCUT2D eigenvalue weighted by Gasteiger charge is -2.51. The first-order valence-electron chi connectivity index (χ1n) is 8.16. The lowest BCUT2D eigenvalue weighted by molar-refractivity contribution is -0.0419. The summed E-state index contributed by atoms with van der Waals surface area (Å²) >= 11 is 0. The molecule has 0 aromatic rings. The van der Waals surface area contributed by atoms with E-state index in [-0.39, 0.29) is 5.54 Å². The third kappa shape index (κ3) is 3.50. The summed E-state index contributed by atoms with van der Waals surface area (Å²) in [7, 11) is 0. The molecular formula is C16H32N2O. The van der Waals surface area contributed by atoms with E-state index in [1.807, 2.05) is 0 Å². The Bertz CT molecular complexity index is 264. The van der Waals surface area contributed by atoms with Crippen molar-refractivity contribution in [1.82, 2.24) is 4.90 Å². The second kappa shape index (κ2) is 6.55. The van der Waals surface area contributed by atoms with E-state index in [2.05, 4.69) is 25.7 Å². The normalized spacial score (nSPS) is 38.5. The van der Waals surface area contributed by atoms with Crippen molar-refractivity contribution < 1.29 is 4.74 Å². The van der Waals surface area contributed by atoms with Gasteiger partial charge < -0.3 is 10.5 Å². The smallest absolute Gasteiger partial charge is 0.0599 e. The van der Waals surface area contributed by atoms with Crippen molar-refractivity contribution in [2.24, 2.45) is 17.6 Å². The van der Waals surface area contributed by atoms with Crippen LogP contribution >= 0.6 is 0 Å². The standard InChI is InChI=1S/C16H32N2O/c1-4-19-15-5-7-18(8-6-15)16(12-17)10-13(2)9-14(3)11-16/h13-15H,4-12,17H2,1-3H3. The zero-order valence-electron chi connectivity index (χ0n) is 13.0. The summed E-state index contributed by atoms with van der Waals surface area (Å²) in [6.07, 6.45) is 6.78. The average molecular weight is 268 g/mol. The predicted octanol–water partition coefficient (Wildman–Crippen LogP) is 2.64. The van der Waals surface area contributed by atoms with Crippen LogP contribution in [0, 0.1) is 11.8 Å². The van der Waals surface area contributed by atoms with E-state index in [0.717, 1.165) is 25.0 Å². The minimum atomic E-state index is 0.272. The summed E-state index contributed by atoms with van der Waals surface area (Å²) in [5.41, 5.74) is 6.49. The molecule has 112 valence electrons. The van der Waals surface area contributed by atoms with Crippen LogP contribution in [0.5, 0.6) is 0 Å². The molecule has 2 rings (SSSR count). The Balaban J connectivity index is 1.98. The van der Waals surface area contributed by atoms with Gasteiger partial charge in [0.2, 0.25) is 0 Å². The van der Waals surface area contributed by atoms with E-state index in [9.17, 15) is 0 Å². The van der Waals surface area contributed by atoms with Gasteiger partial charge in [-0.2, -0.15) is 0 Å². The number of nitrogens with zero attached hydrogens (tertiary/aromatic N) is 1. The van der Waals surface area contributed by atoms with E-state index < -0.39 is 0 Å². The minimum absolute atomic E-state index is 0.272. The summed E-state index contributed by atoms with van der Waals surface area (Å²) in [4.78, 5) is 2.69. The fourth-order valence-electron chi connectivity index (χ4n) is 4.52. The largest absolute Gasteiger partial charge is 0.378 e. The Labute approximate surface area is 118 Å². The molecule has 3 heteroatoms. The van der Waals surface area contributed by atoms with Crippen molar-refractivity contribution in [2.45, 2.75) is 64.5 Å². The van der Waals surface area contributed by atoms with Gasteiger partial charge in [-0.1, -0.05) is 13.8 Å².